The van der Waals surface area contributed by atoms with E-state index in [0.717, 1.165) is 18.7 Å². The van der Waals surface area contributed by atoms with Crippen molar-refractivity contribution >= 4 is 11.6 Å². The number of halogens is 1. The van der Waals surface area contributed by atoms with Gasteiger partial charge in [0.25, 0.3) is 0 Å². The Morgan fingerprint density at radius 3 is 2.45 bits per heavy atom. The normalized spacial score (nSPS) is 10.3. The van der Waals surface area contributed by atoms with Gasteiger partial charge in [0.1, 0.15) is 5.82 Å². The number of hydrogen-bond acceptors (Lipinski definition) is 4. The number of hydrogen-bond donors (Lipinski definition) is 1. The van der Waals surface area contributed by atoms with Crippen LogP contribution in [0.5, 0.6) is 0 Å². The summed E-state index contributed by atoms with van der Waals surface area (Å²) in [6, 6.07) is 7.06. The van der Waals surface area contributed by atoms with Crippen LogP contribution >= 0.6 is 0 Å². The van der Waals surface area contributed by atoms with E-state index >= 15 is 0 Å². The van der Waals surface area contributed by atoms with Crippen molar-refractivity contribution in [1.82, 2.24) is 9.97 Å². The van der Waals surface area contributed by atoms with Crippen molar-refractivity contribution in [3.8, 4) is 0 Å². The monoisotopic (exact) mass is 274 g/mol. The molecule has 0 spiro atoms. The minimum Gasteiger partial charge on any atom is -0.370 e. The molecule has 0 unspecified atom stereocenters. The number of nitrogens with one attached hydrogen (secondary N) is 1. The largest absolute Gasteiger partial charge is 0.370 e. The van der Waals surface area contributed by atoms with E-state index < -0.39 is 0 Å². The third kappa shape index (κ3) is 3.44. The van der Waals surface area contributed by atoms with Crippen molar-refractivity contribution in [2.75, 3.05) is 23.3 Å². The minimum atomic E-state index is -0.193. The summed E-state index contributed by atoms with van der Waals surface area (Å²) >= 11 is 0. The van der Waals surface area contributed by atoms with E-state index in [2.05, 4.69) is 15.3 Å². The maximum Gasteiger partial charge on any atom is 0.222 e. The molecule has 0 aliphatic heterocycles. The Morgan fingerprint density at radius 1 is 1.15 bits per heavy atom. The second kappa shape index (κ2) is 6.84. The first-order valence-corrected chi connectivity index (χ1v) is 6.78. The zero-order chi connectivity index (χ0) is 14.4. The quantitative estimate of drug-likeness (QED) is 0.879. The van der Waals surface area contributed by atoms with Crippen molar-refractivity contribution in [2.45, 2.75) is 20.4 Å². The molecule has 1 aromatic carbocycles. The average Bonchev–Trinajstić information content (AvgIpc) is 2.49. The standard InChI is InChI=1S/C15H19FN4/c1-3-20(4-2)14-7-6-12(10-13(14)16)11-19-15-17-8-5-9-18-15/h5-10H,3-4,11H2,1-2H3,(H,17,18,19). The molecule has 0 bridgehead atoms. The predicted octanol–water partition coefficient (Wildman–Crippen LogP) is 3.07. The van der Waals surface area contributed by atoms with Crippen LogP contribution in [0.1, 0.15) is 19.4 Å². The predicted molar refractivity (Wildman–Crippen MR) is 79.3 cm³/mol. The van der Waals surface area contributed by atoms with Crippen LogP contribution < -0.4 is 10.2 Å². The van der Waals surface area contributed by atoms with Crippen LogP contribution in [0.3, 0.4) is 0 Å². The molecule has 2 aromatic rings. The zero-order valence-corrected chi connectivity index (χ0v) is 11.8. The van der Waals surface area contributed by atoms with Gasteiger partial charge in [-0.3, -0.25) is 0 Å². The molecule has 0 fully saturated rings. The number of anilines is 2. The molecule has 0 aliphatic rings. The fourth-order valence-electron chi connectivity index (χ4n) is 2.05. The summed E-state index contributed by atoms with van der Waals surface area (Å²) in [6.07, 6.45) is 3.33. The van der Waals surface area contributed by atoms with E-state index in [4.69, 9.17) is 0 Å². The Hall–Kier alpha value is -2.17. The molecule has 5 heteroatoms. The lowest BCUT2D eigenvalue weighted by Crippen LogP contribution is -2.23. The van der Waals surface area contributed by atoms with Crippen LogP contribution in [0.15, 0.2) is 36.7 Å². The van der Waals surface area contributed by atoms with Gasteiger partial charge in [0, 0.05) is 32.0 Å². The van der Waals surface area contributed by atoms with Crippen molar-refractivity contribution in [2.24, 2.45) is 0 Å². The summed E-state index contributed by atoms with van der Waals surface area (Å²) < 4.78 is 14.1. The fourth-order valence-corrected chi connectivity index (χ4v) is 2.05. The summed E-state index contributed by atoms with van der Waals surface area (Å²) in [4.78, 5) is 10.1. The maximum atomic E-state index is 14.1. The Bertz CT molecular complexity index is 541. The highest BCUT2D eigenvalue weighted by atomic mass is 19.1. The number of nitrogens with zero attached hydrogens (tertiary/aromatic N) is 3. The first-order chi connectivity index (χ1) is 9.74. The van der Waals surface area contributed by atoms with Crippen molar-refractivity contribution in [3.63, 3.8) is 0 Å². The lowest BCUT2D eigenvalue weighted by Gasteiger charge is -2.21. The molecule has 0 amide bonds. The van der Waals surface area contributed by atoms with Crippen molar-refractivity contribution in [3.05, 3.63) is 48.0 Å². The van der Waals surface area contributed by atoms with E-state index in [9.17, 15) is 4.39 Å². The molecule has 1 aromatic heterocycles. The topological polar surface area (TPSA) is 41.0 Å². The first-order valence-electron chi connectivity index (χ1n) is 6.78. The molecule has 0 radical (unpaired) electrons. The van der Waals surface area contributed by atoms with Gasteiger partial charge < -0.3 is 10.2 Å². The number of rotatable bonds is 6. The number of aromatic nitrogens is 2. The van der Waals surface area contributed by atoms with E-state index in [0.29, 0.717) is 18.2 Å². The van der Waals surface area contributed by atoms with Crippen molar-refractivity contribution < 1.29 is 4.39 Å². The molecule has 0 atom stereocenters. The lowest BCUT2D eigenvalue weighted by atomic mass is 10.2. The van der Waals surface area contributed by atoms with Gasteiger partial charge in [-0.15, -0.1) is 0 Å². The summed E-state index contributed by atoms with van der Waals surface area (Å²) in [5.74, 6) is 0.350. The zero-order valence-electron chi connectivity index (χ0n) is 11.8. The highest BCUT2D eigenvalue weighted by Crippen LogP contribution is 2.20. The summed E-state index contributed by atoms with van der Waals surface area (Å²) in [7, 11) is 0. The van der Waals surface area contributed by atoms with E-state index in [1.54, 1.807) is 24.5 Å². The summed E-state index contributed by atoms with van der Waals surface area (Å²) in [6.45, 7) is 6.13. The molecule has 4 nitrogen and oxygen atoms in total. The van der Waals surface area contributed by atoms with Crippen LogP contribution in [-0.2, 0) is 6.54 Å². The third-order valence-electron chi connectivity index (χ3n) is 3.13. The molecular weight excluding hydrogens is 255 g/mol. The van der Waals surface area contributed by atoms with Gasteiger partial charge in [0.05, 0.1) is 5.69 Å². The molecule has 0 saturated heterocycles. The third-order valence-corrected chi connectivity index (χ3v) is 3.13. The molecular formula is C15H19FN4. The van der Waals surface area contributed by atoms with Gasteiger partial charge in [0.15, 0.2) is 0 Å². The Balaban J connectivity index is 2.05. The number of benzene rings is 1. The molecule has 0 saturated carbocycles. The molecule has 106 valence electrons. The van der Waals surface area contributed by atoms with Gasteiger partial charge in [-0.2, -0.15) is 0 Å². The molecule has 2 rings (SSSR count). The van der Waals surface area contributed by atoms with Crippen LogP contribution in [0.4, 0.5) is 16.0 Å². The van der Waals surface area contributed by atoms with E-state index in [1.165, 1.54) is 0 Å². The summed E-state index contributed by atoms with van der Waals surface area (Å²) in [5, 5.41) is 3.06. The van der Waals surface area contributed by atoms with Gasteiger partial charge in [-0.05, 0) is 37.6 Å². The van der Waals surface area contributed by atoms with E-state index in [1.807, 2.05) is 30.9 Å². The van der Waals surface area contributed by atoms with E-state index in [-0.39, 0.29) is 5.82 Å². The molecule has 1 N–H and O–H groups in total. The first kappa shape index (κ1) is 14.2. The molecule has 0 aliphatic carbocycles. The van der Waals surface area contributed by atoms with Gasteiger partial charge in [0.2, 0.25) is 5.95 Å². The minimum absolute atomic E-state index is 0.193. The average molecular weight is 274 g/mol. The Morgan fingerprint density at radius 2 is 1.85 bits per heavy atom. The smallest absolute Gasteiger partial charge is 0.222 e. The van der Waals surface area contributed by atoms with Crippen LogP contribution in [0, 0.1) is 5.82 Å². The van der Waals surface area contributed by atoms with Gasteiger partial charge in [-0.25, -0.2) is 14.4 Å². The van der Waals surface area contributed by atoms with Crippen LogP contribution in [-0.4, -0.2) is 23.1 Å². The Labute approximate surface area is 118 Å². The Kier molecular flexibility index (Phi) is 4.87. The van der Waals surface area contributed by atoms with Gasteiger partial charge >= 0.3 is 0 Å². The van der Waals surface area contributed by atoms with Gasteiger partial charge in [-0.1, -0.05) is 6.07 Å². The highest BCUT2D eigenvalue weighted by Gasteiger charge is 2.09. The van der Waals surface area contributed by atoms with Crippen LogP contribution in [0.25, 0.3) is 0 Å². The fraction of sp³-hybridized carbons (Fsp3) is 0.333. The second-order valence-electron chi connectivity index (χ2n) is 4.38. The lowest BCUT2D eigenvalue weighted by molar-refractivity contribution is 0.618. The van der Waals surface area contributed by atoms with Crippen molar-refractivity contribution in [1.29, 1.82) is 0 Å². The maximum absolute atomic E-state index is 14.1. The highest BCUT2D eigenvalue weighted by molar-refractivity contribution is 5.49. The molecule has 1 heterocycles. The second-order valence-corrected chi connectivity index (χ2v) is 4.38. The molecule has 20 heavy (non-hydrogen) atoms. The van der Waals surface area contributed by atoms with Crippen LogP contribution in [0.2, 0.25) is 0 Å². The SMILES string of the molecule is CCN(CC)c1ccc(CNc2ncccn2)cc1F. The summed E-state index contributed by atoms with van der Waals surface area (Å²) in [5.41, 5.74) is 1.51.